The Hall–Kier alpha value is -1.13. The Morgan fingerprint density at radius 2 is 0.765 bits per heavy atom. The molecule has 0 heterocycles. The number of hydrogen-bond acceptors (Lipinski definition) is 9. The maximum absolute atomic E-state index is 11.5. The molecule has 0 saturated carbocycles. The van der Waals surface area contributed by atoms with Crippen LogP contribution in [0, 0.1) is 0 Å². The normalized spacial score (nSPS) is 12.7. The molecule has 0 fully saturated rings. The van der Waals surface area contributed by atoms with Crippen LogP contribution in [0.2, 0.25) is 0 Å². The lowest BCUT2D eigenvalue weighted by Gasteiger charge is -2.16. The molecule has 0 unspecified atom stereocenters. The number of rotatable bonds is 9. The van der Waals surface area contributed by atoms with E-state index in [0.29, 0.717) is 14.7 Å². The summed E-state index contributed by atoms with van der Waals surface area (Å²) in [6.45, 7) is 0. The van der Waals surface area contributed by atoms with Crippen molar-refractivity contribution in [2.45, 2.75) is 29.4 Å². The molecule has 3 aromatic carbocycles. The van der Waals surface area contributed by atoms with Crippen molar-refractivity contribution in [3.8, 4) is 0 Å². The summed E-state index contributed by atoms with van der Waals surface area (Å²) in [6, 6.07) is 16.7. The molecule has 0 radical (unpaired) electrons. The molecule has 0 amide bonds. The second kappa shape index (κ2) is 10.9. The zero-order chi connectivity index (χ0) is 25.1. The molecule has 3 aromatic rings. The van der Waals surface area contributed by atoms with Gasteiger partial charge in [-0.05, 0) is 54.6 Å². The lowest BCUT2D eigenvalue weighted by atomic mass is 10.4. The van der Waals surface area contributed by atoms with Gasteiger partial charge in [-0.15, -0.1) is 0 Å². The van der Waals surface area contributed by atoms with Crippen molar-refractivity contribution in [1.29, 1.82) is 0 Å². The van der Waals surface area contributed by atoms with Gasteiger partial charge in [0.1, 0.15) is 0 Å². The Morgan fingerprint density at radius 3 is 1.00 bits per heavy atom. The smallest absolute Gasteiger partial charge is 0.282 e. The van der Waals surface area contributed by atoms with Gasteiger partial charge in [0.05, 0.1) is 20.2 Å². The molecular formula is C18H15O9PS6. The summed E-state index contributed by atoms with van der Waals surface area (Å²) in [4.78, 5) is 0.548. The van der Waals surface area contributed by atoms with Gasteiger partial charge in [0.25, 0.3) is 30.4 Å². The maximum atomic E-state index is 11.5. The zero-order valence-corrected chi connectivity index (χ0v) is 22.4. The Morgan fingerprint density at radius 1 is 0.500 bits per heavy atom. The predicted octanol–water partition coefficient (Wildman–Crippen LogP) is 5.33. The summed E-state index contributed by atoms with van der Waals surface area (Å²) in [5.41, 5.74) is -1.31. The minimum Gasteiger partial charge on any atom is -0.282 e. The molecule has 34 heavy (non-hydrogen) atoms. The molecule has 0 aliphatic rings. The molecule has 16 heteroatoms. The van der Waals surface area contributed by atoms with Crippen LogP contribution in [0.1, 0.15) is 0 Å². The largest absolute Gasteiger partial charge is 0.294 e. The first-order chi connectivity index (χ1) is 15.7. The van der Waals surface area contributed by atoms with Crippen LogP contribution in [0.25, 0.3) is 0 Å². The second-order valence-corrected chi connectivity index (χ2v) is 20.0. The van der Waals surface area contributed by atoms with Crippen LogP contribution in [0.4, 0.5) is 0 Å². The third-order valence-corrected chi connectivity index (χ3v) is 15.5. The molecule has 0 aliphatic heterocycles. The zero-order valence-electron chi connectivity index (χ0n) is 16.6. The summed E-state index contributed by atoms with van der Waals surface area (Å²) in [5.74, 6) is 0. The molecule has 0 spiro atoms. The van der Waals surface area contributed by atoms with E-state index < -0.39 is 35.9 Å². The van der Waals surface area contributed by atoms with Crippen molar-refractivity contribution in [3.05, 3.63) is 72.8 Å². The minimum absolute atomic E-state index is 0.302. The van der Waals surface area contributed by atoms with Crippen molar-refractivity contribution >= 4 is 70.0 Å². The first-order valence-corrected chi connectivity index (χ1v) is 18.7. The standard InChI is InChI=1S/C18H15O9PS6/c19-32(20,21)16-7-1-4-13(10-16)29-28(30-14-5-2-8-17(11-14)33(22,23)24)31-15-6-3-9-18(12-15)34(25,26)27/h1-12H,(H,19,20,21)(H,22,23,24)(H,25,26,27). The molecule has 3 rings (SSSR count). The van der Waals surface area contributed by atoms with Gasteiger partial charge in [-0.1, -0.05) is 52.3 Å². The highest BCUT2D eigenvalue weighted by Gasteiger charge is 2.20. The van der Waals surface area contributed by atoms with Crippen molar-refractivity contribution < 1.29 is 38.9 Å². The summed E-state index contributed by atoms with van der Waals surface area (Å²) in [7, 11) is -13.3. The fourth-order valence-corrected chi connectivity index (χ4v) is 14.3. The molecule has 0 saturated heterocycles. The van der Waals surface area contributed by atoms with Gasteiger partial charge in [-0.2, -0.15) is 25.3 Å². The lowest BCUT2D eigenvalue weighted by Crippen LogP contribution is -1.97. The van der Waals surface area contributed by atoms with Crippen LogP contribution in [-0.4, -0.2) is 38.9 Å². The van der Waals surface area contributed by atoms with E-state index in [4.69, 9.17) is 0 Å². The highest BCUT2D eigenvalue weighted by molar-refractivity contribution is 9.12. The van der Waals surface area contributed by atoms with E-state index in [1.54, 1.807) is 18.2 Å². The van der Waals surface area contributed by atoms with Gasteiger partial charge in [-0.3, -0.25) is 13.7 Å². The van der Waals surface area contributed by atoms with Crippen LogP contribution < -0.4 is 0 Å². The topological polar surface area (TPSA) is 163 Å². The Balaban J connectivity index is 1.97. The average Bonchev–Trinajstić information content (AvgIpc) is 2.72. The summed E-state index contributed by atoms with van der Waals surface area (Å²) in [6.07, 6.45) is 0. The minimum atomic E-state index is -4.43. The highest BCUT2D eigenvalue weighted by Crippen LogP contribution is 2.76. The van der Waals surface area contributed by atoms with E-state index in [-0.39, 0.29) is 14.7 Å². The summed E-state index contributed by atoms with van der Waals surface area (Å²) < 4.78 is 97.0. The van der Waals surface area contributed by atoms with Crippen LogP contribution >= 0.6 is 39.7 Å². The van der Waals surface area contributed by atoms with Gasteiger partial charge in [0.2, 0.25) is 0 Å². The van der Waals surface area contributed by atoms with Gasteiger partial charge < -0.3 is 0 Å². The van der Waals surface area contributed by atoms with Crippen LogP contribution in [0.3, 0.4) is 0 Å². The van der Waals surface area contributed by atoms with Crippen molar-refractivity contribution in [3.63, 3.8) is 0 Å². The Kier molecular flexibility index (Phi) is 8.77. The fraction of sp³-hybridized carbons (Fsp3) is 0. The molecule has 9 nitrogen and oxygen atoms in total. The Labute approximate surface area is 210 Å². The van der Waals surface area contributed by atoms with Crippen molar-refractivity contribution in [2.75, 3.05) is 0 Å². The van der Waals surface area contributed by atoms with E-state index in [1.165, 1.54) is 88.7 Å². The van der Waals surface area contributed by atoms with E-state index in [9.17, 15) is 38.9 Å². The first kappa shape index (κ1) is 27.5. The predicted molar refractivity (Wildman–Crippen MR) is 133 cm³/mol. The highest BCUT2D eigenvalue weighted by atomic mass is 33.4. The van der Waals surface area contributed by atoms with E-state index >= 15 is 0 Å². The molecule has 182 valence electrons. The molecule has 3 N–H and O–H groups in total. The van der Waals surface area contributed by atoms with E-state index in [0.717, 1.165) is 0 Å². The monoisotopic (exact) mass is 598 g/mol. The summed E-state index contributed by atoms with van der Waals surface area (Å²) >= 11 is 3.68. The van der Waals surface area contributed by atoms with Gasteiger partial charge >= 0.3 is 0 Å². The summed E-state index contributed by atoms with van der Waals surface area (Å²) in [5, 5.41) is 0. The molecule has 0 bridgehead atoms. The fourth-order valence-electron chi connectivity index (χ4n) is 2.39. The number of hydrogen-bond donors (Lipinski definition) is 3. The third-order valence-electron chi connectivity index (χ3n) is 3.85. The third kappa shape index (κ3) is 7.95. The van der Waals surface area contributed by atoms with Crippen molar-refractivity contribution in [2.24, 2.45) is 0 Å². The SMILES string of the molecule is O=S(=O)(O)c1cccc(SP(Sc2cccc(S(=O)(=O)O)c2)Sc2cccc(S(=O)(=O)O)c2)c1. The van der Waals surface area contributed by atoms with Crippen molar-refractivity contribution in [1.82, 2.24) is 0 Å². The molecule has 0 aliphatic carbocycles. The quantitative estimate of drug-likeness (QED) is 0.215. The van der Waals surface area contributed by atoms with Crippen LogP contribution in [-0.2, 0) is 30.4 Å². The Bertz CT molecular complexity index is 1340. The molecule has 0 aromatic heterocycles. The van der Waals surface area contributed by atoms with Gasteiger partial charge in [0, 0.05) is 14.7 Å². The molecular weight excluding hydrogens is 584 g/mol. The van der Waals surface area contributed by atoms with Gasteiger partial charge in [0.15, 0.2) is 0 Å². The van der Waals surface area contributed by atoms with Crippen LogP contribution in [0.5, 0.6) is 0 Å². The second-order valence-electron chi connectivity index (χ2n) is 6.35. The van der Waals surface area contributed by atoms with Crippen LogP contribution in [0.15, 0.2) is 102 Å². The number of benzene rings is 3. The first-order valence-electron chi connectivity index (χ1n) is 8.78. The lowest BCUT2D eigenvalue weighted by molar-refractivity contribution is 0.480. The van der Waals surface area contributed by atoms with E-state index in [1.807, 2.05) is 0 Å². The molecule has 0 atom stereocenters. The average molecular weight is 599 g/mol. The van der Waals surface area contributed by atoms with Gasteiger partial charge in [-0.25, -0.2) is 0 Å². The van der Waals surface area contributed by atoms with E-state index in [2.05, 4.69) is 0 Å². The maximum Gasteiger partial charge on any atom is 0.294 e.